The number of benzene rings is 2. The summed E-state index contributed by atoms with van der Waals surface area (Å²) in [5, 5.41) is 6.10. The molecule has 23 heavy (non-hydrogen) atoms. The highest BCUT2D eigenvalue weighted by atomic mass is 19.1. The third-order valence-corrected chi connectivity index (χ3v) is 3.89. The Morgan fingerprint density at radius 3 is 2.22 bits per heavy atom. The van der Waals surface area contributed by atoms with E-state index in [0.29, 0.717) is 0 Å². The number of amides is 1. The SMILES string of the molecule is O=C(Nc1ccc(/C=C/c2ccc(F)cc2)cc1)[C@H]1CCCN1. The zero-order chi connectivity index (χ0) is 16.1. The van der Waals surface area contributed by atoms with Crippen molar-refractivity contribution in [3.8, 4) is 0 Å². The fourth-order valence-corrected chi connectivity index (χ4v) is 2.58. The molecule has 2 aromatic carbocycles. The minimum absolute atomic E-state index is 0.0251. The molecule has 3 nitrogen and oxygen atoms in total. The quantitative estimate of drug-likeness (QED) is 0.846. The normalized spacial score (nSPS) is 17.5. The Kier molecular flexibility index (Phi) is 4.83. The molecule has 0 radical (unpaired) electrons. The van der Waals surface area contributed by atoms with E-state index in [-0.39, 0.29) is 17.8 Å². The Morgan fingerprint density at radius 2 is 1.65 bits per heavy atom. The van der Waals surface area contributed by atoms with Crippen molar-refractivity contribution >= 4 is 23.7 Å². The molecule has 2 aromatic rings. The topological polar surface area (TPSA) is 41.1 Å². The van der Waals surface area contributed by atoms with Crippen LogP contribution in [0.3, 0.4) is 0 Å². The molecule has 1 saturated heterocycles. The first-order chi connectivity index (χ1) is 11.2. The van der Waals surface area contributed by atoms with Crippen LogP contribution >= 0.6 is 0 Å². The molecular formula is C19H19FN2O. The van der Waals surface area contributed by atoms with E-state index in [1.165, 1.54) is 12.1 Å². The van der Waals surface area contributed by atoms with Gasteiger partial charge in [0.25, 0.3) is 0 Å². The number of carbonyl (C=O) groups excluding carboxylic acids is 1. The molecule has 0 aromatic heterocycles. The summed E-state index contributed by atoms with van der Waals surface area (Å²) >= 11 is 0. The first kappa shape index (κ1) is 15.4. The van der Waals surface area contributed by atoms with Crippen LogP contribution in [-0.4, -0.2) is 18.5 Å². The van der Waals surface area contributed by atoms with E-state index in [2.05, 4.69) is 10.6 Å². The number of rotatable bonds is 4. The van der Waals surface area contributed by atoms with E-state index >= 15 is 0 Å². The van der Waals surface area contributed by atoms with Crippen molar-refractivity contribution in [2.24, 2.45) is 0 Å². The van der Waals surface area contributed by atoms with Gasteiger partial charge in [-0.25, -0.2) is 4.39 Å². The smallest absolute Gasteiger partial charge is 0.241 e. The Hall–Kier alpha value is -2.46. The van der Waals surface area contributed by atoms with Gasteiger partial charge in [0.15, 0.2) is 0 Å². The Bertz CT molecular complexity index is 686. The second-order valence-electron chi connectivity index (χ2n) is 5.65. The van der Waals surface area contributed by atoms with E-state index < -0.39 is 0 Å². The molecule has 0 aliphatic carbocycles. The van der Waals surface area contributed by atoms with Gasteiger partial charge in [0.05, 0.1) is 6.04 Å². The number of hydrogen-bond acceptors (Lipinski definition) is 2. The molecule has 0 saturated carbocycles. The molecule has 3 rings (SSSR count). The lowest BCUT2D eigenvalue weighted by Gasteiger charge is -2.11. The summed E-state index contributed by atoms with van der Waals surface area (Å²) in [6.07, 6.45) is 5.82. The maximum absolute atomic E-state index is 12.8. The van der Waals surface area contributed by atoms with Gasteiger partial charge in [0, 0.05) is 5.69 Å². The molecule has 0 spiro atoms. The highest BCUT2D eigenvalue weighted by Crippen LogP contribution is 2.14. The first-order valence-electron chi connectivity index (χ1n) is 7.79. The van der Waals surface area contributed by atoms with Crippen LogP contribution in [0, 0.1) is 5.82 Å². The van der Waals surface area contributed by atoms with Gasteiger partial charge in [0.1, 0.15) is 5.82 Å². The minimum atomic E-state index is -0.237. The van der Waals surface area contributed by atoms with E-state index in [0.717, 1.165) is 36.2 Å². The maximum Gasteiger partial charge on any atom is 0.241 e. The Balaban J connectivity index is 1.60. The highest BCUT2D eigenvalue weighted by Gasteiger charge is 2.21. The number of halogens is 1. The van der Waals surface area contributed by atoms with Crippen molar-refractivity contribution < 1.29 is 9.18 Å². The average molecular weight is 310 g/mol. The van der Waals surface area contributed by atoms with Gasteiger partial charge in [-0.3, -0.25) is 4.79 Å². The van der Waals surface area contributed by atoms with Crippen LogP contribution in [0.15, 0.2) is 48.5 Å². The van der Waals surface area contributed by atoms with Crippen molar-refractivity contribution in [1.29, 1.82) is 0 Å². The summed E-state index contributed by atoms with van der Waals surface area (Å²) in [6, 6.07) is 13.9. The zero-order valence-electron chi connectivity index (χ0n) is 12.8. The number of carbonyl (C=O) groups is 1. The van der Waals surface area contributed by atoms with E-state index in [1.54, 1.807) is 12.1 Å². The van der Waals surface area contributed by atoms with Gasteiger partial charge in [0.2, 0.25) is 5.91 Å². The van der Waals surface area contributed by atoms with E-state index in [1.807, 2.05) is 36.4 Å². The van der Waals surface area contributed by atoms with Gasteiger partial charge in [-0.05, 0) is 54.8 Å². The largest absolute Gasteiger partial charge is 0.325 e. The Morgan fingerprint density at radius 1 is 1.04 bits per heavy atom. The number of hydrogen-bond donors (Lipinski definition) is 2. The fraction of sp³-hybridized carbons (Fsp3) is 0.211. The van der Waals surface area contributed by atoms with Crippen LogP contribution in [-0.2, 0) is 4.79 Å². The van der Waals surface area contributed by atoms with E-state index in [9.17, 15) is 9.18 Å². The van der Waals surface area contributed by atoms with Crippen LogP contribution in [0.4, 0.5) is 10.1 Å². The van der Waals surface area contributed by atoms with Gasteiger partial charge in [-0.15, -0.1) is 0 Å². The summed E-state index contributed by atoms with van der Waals surface area (Å²) < 4.78 is 12.8. The Labute approximate surface area is 135 Å². The molecule has 1 aliphatic rings. The van der Waals surface area contributed by atoms with E-state index in [4.69, 9.17) is 0 Å². The van der Waals surface area contributed by atoms with Gasteiger partial charge in [-0.2, -0.15) is 0 Å². The predicted molar refractivity (Wildman–Crippen MR) is 91.4 cm³/mol. The maximum atomic E-state index is 12.8. The third-order valence-electron chi connectivity index (χ3n) is 3.89. The van der Waals surface area contributed by atoms with Gasteiger partial charge >= 0.3 is 0 Å². The predicted octanol–water partition coefficient (Wildman–Crippen LogP) is 3.69. The summed E-state index contributed by atoms with van der Waals surface area (Å²) in [7, 11) is 0. The second kappa shape index (κ2) is 7.20. The van der Waals surface area contributed by atoms with Crippen LogP contribution in [0.1, 0.15) is 24.0 Å². The van der Waals surface area contributed by atoms with Crippen molar-refractivity contribution in [2.75, 3.05) is 11.9 Å². The van der Waals surface area contributed by atoms with Crippen molar-refractivity contribution in [3.05, 3.63) is 65.5 Å². The molecule has 1 heterocycles. The molecule has 1 amide bonds. The van der Waals surface area contributed by atoms with Gasteiger partial charge in [-0.1, -0.05) is 36.4 Å². The molecule has 2 N–H and O–H groups in total. The monoisotopic (exact) mass is 310 g/mol. The summed E-state index contributed by atoms with van der Waals surface area (Å²) in [4.78, 5) is 12.0. The summed E-state index contributed by atoms with van der Waals surface area (Å²) in [5.74, 6) is -0.212. The van der Waals surface area contributed by atoms with Crippen molar-refractivity contribution in [3.63, 3.8) is 0 Å². The second-order valence-corrected chi connectivity index (χ2v) is 5.65. The third kappa shape index (κ3) is 4.27. The number of nitrogens with one attached hydrogen (secondary N) is 2. The summed E-state index contributed by atoms with van der Waals surface area (Å²) in [5.41, 5.74) is 2.75. The molecule has 4 heteroatoms. The molecule has 1 fully saturated rings. The van der Waals surface area contributed by atoms with Crippen molar-refractivity contribution in [1.82, 2.24) is 5.32 Å². The standard InChI is InChI=1S/C19H19FN2O/c20-16-9-5-14(6-10-16)3-4-15-7-11-17(12-8-15)22-19(23)18-2-1-13-21-18/h3-12,18,21H,1-2,13H2,(H,22,23)/b4-3+/t18-/m1/s1. The first-order valence-corrected chi connectivity index (χ1v) is 7.79. The lowest BCUT2D eigenvalue weighted by molar-refractivity contribution is -0.117. The lowest BCUT2D eigenvalue weighted by Crippen LogP contribution is -2.35. The molecule has 1 atom stereocenters. The molecule has 118 valence electrons. The highest BCUT2D eigenvalue weighted by molar-refractivity contribution is 5.95. The number of anilines is 1. The van der Waals surface area contributed by atoms with Crippen LogP contribution in [0.25, 0.3) is 12.2 Å². The average Bonchev–Trinajstić information content (AvgIpc) is 3.10. The van der Waals surface area contributed by atoms with Crippen LogP contribution in [0.2, 0.25) is 0 Å². The minimum Gasteiger partial charge on any atom is -0.325 e. The fourth-order valence-electron chi connectivity index (χ4n) is 2.58. The molecule has 1 aliphatic heterocycles. The van der Waals surface area contributed by atoms with Crippen LogP contribution in [0.5, 0.6) is 0 Å². The lowest BCUT2D eigenvalue weighted by atomic mass is 10.1. The van der Waals surface area contributed by atoms with Crippen LogP contribution < -0.4 is 10.6 Å². The van der Waals surface area contributed by atoms with Gasteiger partial charge < -0.3 is 10.6 Å². The molecular weight excluding hydrogens is 291 g/mol. The van der Waals surface area contributed by atoms with Crippen molar-refractivity contribution in [2.45, 2.75) is 18.9 Å². The molecule has 0 bridgehead atoms. The molecule has 0 unspecified atom stereocenters. The zero-order valence-corrected chi connectivity index (χ0v) is 12.8. The summed E-state index contributed by atoms with van der Waals surface area (Å²) in [6.45, 7) is 0.908.